The Labute approximate surface area is 144 Å². The topological polar surface area (TPSA) is 111 Å². The molecule has 1 aromatic heterocycles. The van der Waals surface area contributed by atoms with Gasteiger partial charge in [-0.15, -0.1) is 0 Å². The first-order valence-electron chi connectivity index (χ1n) is 7.43. The highest BCUT2D eigenvalue weighted by Crippen LogP contribution is 2.29. The van der Waals surface area contributed by atoms with Gasteiger partial charge in [0.1, 0.15) is 10.8 Å². The van der Waals surface area contributed by atoms with Gasteiger partial charge >= 0.3 is 11.6 Å². The van der Waals surface area contributed by atoms with Crippen molar-refractivity contribution in [1.82, 2.24) is 0 Å². The molecule has 0 spiro atoms. The van der Waals surface area contributed by atoms with Crippen LogP contribution in [-0.2, 0) is 19.6 Å². The molecule has 0 bridgehead atoms. The minimum Gasteiger partial charge on any atom is -0.462 e. The average Bonchev–Trinajstić information content (AvgIpc) is 2.49. The van der Waals surface area contributed by atoms with Crippen LogP contribution in [0, 0.1) is 6.92 Å². The smallest absolute Gasteiger partial charge is 0.336 e. The van der Waals surface area contributed by atoms with Gasteiger partial charge in [-0.2, -0.15) is 8.42 Å². The van der Waals surface area contributed by atoms with E-state index in [4.69, 9.17) is 9.15 Å². The molecule has 0 aliphatic carbocycles. The van der Waals surface area contributed by atoms with Gasteiger partial charge in [0.15, 0.2) is 0 Å². The maximum Gasteiger partial charge on any atom is 0.336 e. The summed E-state index contributed by atoms with van der Waals surface area (Å²) in [6.07, 6.45) is -0.153. The van der Waals surface area contributed by atoms with E-state index in [1.165, 1.54) is 25.1 Å². The molecule has 0 radical (unpaired) electrons. The molecule has 0 aliphatic heterocycles. The number of carbonyl (C=O) groups is 1. The molecule has 1 unspecified atom stereocenters. The zero-order chi connectivity index (χ0) is 18.8. The van der Waals surface area contributed by atoms with Gasteiger partial charge in [0.2, 0.25) is 0 Å². The fraction of sp³-hybridized carbons (Fsp3) is 0.294. The highest BCUT2D eigenvalue weighted by molar-refractivity contribution is 7.86. The first kappa shape index (κ1) is 18.9. The summed E-state index contributed by atoms with van der Waals surface area (Å²) in [6, 6.07) is 5.86. The third-order valence-corrected chi connectivity index (χ3v) is 4.90. The largest absolute Gasteiger partial charge is 0.462 e. The Balaban J connectivity index is 2.35. The zero-order valence-corrected chi connectivity index (χ0v) is 14.6. The highest BCUT2D eigenvalue weighted by Gasteiger charge is 2.26. The molecule has 1 heterocycles. The number of carbonyl (C=O) groups excluding carboxylic acids is 1. The highest BCUT2D eigenvalue weighted by atomic mass is 32.2. The lowest BCUT2D eigenvalue weighted by Crippen LogP contribution is -2.16. The fourth-order valence-electron chi connectivity index (χ4n) is 2.41. The van der Waals surface area contributed by atoms with Crippen LogP contribution in [0.2, 0.25) is 0 Å². The van der Waals surface area contributed by atoms with Crippen molar-refractivity contribution in [3.63, 3.8) is 0 Å². The minimum absolute atomic E-state index is 0.153. The Morgan fingerprint density at radius 1 is 1.36 bits per heavy atom. The molecule has 7 nitrogen and oxygen atoms in total. The quantitative estimate of drug-likeness (QED) is 0.362. The van der Waals surface area contributed by atoms with E-state index in [2.05, 4.69) is 6.58 Å². The molecule has 1 N–H and O–H groups in total. The lowest BCUT2D eigenvalue weighted by Gasteiger charge is -2.15. The number of hydrogen-bond donors (Lipinski definition) is 1. The van der Waals surface area contributed by atoms with Gasteiger partial charge in [-0.25, -0.2) is 9.59 Å². The SMILES string of the molecule is C=C(C)C(=O)OCCC(c1ccc2c(C)cc(=O)oc2c1)S(=O)(=O)O. The molecule has 2 aromatic rings. The lowest BCUT2D eigenvalue weighted by molar-refractivity contribution is -0.139. The summed E-state index contributed by atoms with van der Waals surface area (Å²) in [5.74, 6) is -0.644. The second kappa shape index (κ2) is 7.20. The van der Waals surface area contributed by atoms with Gasteiger partial charge in [-0.05, 0) is 31.0 Å². The number of esters is 1. The summed E-state index contributed by atoms with van der Waals surface area (Å²) in [5, 5.41) is -0.660. The fourth-order valence-corrected chi connectivity index (χ4v) is 3.30. The maximum atomic E-state index is 11.7. The van der Waals surface area contributed by atoms with Crippen LogP contribution in [-0.4, -0.2) is 25.5 Å². The van der Waals surface area contributed by atoms with Gasteiger partial charge in [-0.3, -0.25) is 4.55 Å². The number of hydrogen-bond acceptors (Lipinski definition) is 6. The molecular formula is C17H18O7S. The van der Waals surface area contributed by atoms with Crippen molar-refractivity contribution in [2.45, 2.75) is 25.5 Å². The van der Waals surface area contributed by atoms with Crippen LogP contribution in [0.15, 0.2) is 45.6 Å². The number of benzene rings is 1. The summed E-state index contributed by atoms with van der Waals surface area (Å²) in [5.41, 5.74) is 0.772. The molecule has 0 saturated carbocycles. The number of rotatable bonds is 6. The summed E-state index contributed by atoms with van der Waals surface area (Å²) in [6.45, 7) is 6.41. The molecule has 1 aromatic carbocycles. The molecule has 0 aliphatic rings. The molecule has 25 heavy (non-hydrogen) atoms. The van der Waals surface area contributed by atoms with E-state index in [0.29, 0.717) is 10.9 Å². The van der Waals surface area contributed by atoms with Crippen molar-refractivity contribution in [1.29, 1.82) is 0 Å². The van der Waals surface area contributed by atoms with E-state index in [-0.39, 0.29) is 29.7 Å². The van der Waals surface area contributed by atoms with Crippen molar-refractivity contribution in [2.75, 3.05) is 6.61 Å². The van der Waals surface area contributed by atoms with Crippen molar-refractivity contribution in [3.8, 4) is 0 Å². The van der Waals surface area contributed by atoms with E-state index >= 15 is 0 Å². The van der Waals surface area contributed by atoms with Crippen LogP contribution < -0.4 is 5.63 Å². The van der Waals surface area contributed by atoms with Gasteiger partial charge < -0.3 is 9.15 Å². The van der Waals surface area contributed by atoms with Crippen LogP contribution >= 0.6 is 0 Å². The first-order valence-corrected chi connectivity index (χ1v) is 8.93. The predicted octanol–water partition coefficient (Wildman–Crippen LogP) is 2.54. The van der Waals surface area contributed by atoms with E-state index in [1.807, 2.05) is 0 Å². The predicted molar refractivity (Wildman–Crippen MR) is 91.9 cm³/mol. The molecule has 0 amide bonds. The second-order valence-electron chi connectivity index (χ2n) is 5.71. The van der Waals surface area contributed by atoms with Crippen molar-refractivity contribution < 1.29 is 26.9 Å². The van der Waals surface area contributed by atoms with Crippen LogP contribution in [0.5, 0.6) is 0 Å². The van der Waals surface area contributed by atoms with Crippen LogP contribution in [0.3, 0.4) is 0 Å². The molecule has 8 heteroatoms. The van der Waals surface area contributed by atoms with Crippen molar-refractivity contribution >= 4 is 27.1 Å². The number of aryl methyl sites for hydroxylation is 1. The standard InChI is InChI=1S/C17H18O7S/c1-10(2)17(19)23-7-6-15(25(20,21)22)12-4-5-13-11(3)8-16(18)24-14(13)9-12/h4-5,8-9,15H,1,6-7H2,2-3H3,(H,20,21,22). The maximum absolute atomic E-state index is 11.7. The Morgan fingerprint density at radius 2 is 2.04 bits per heavy atom. The average molecular weight is 366 g/mol. The second-order valence-corrected chi connectivity index (χ2v) is 7.31. The lowest BCUT2D eigenvalue weighted by atomic mass is 10.1. The number of ether oxygens (including phenoxy) is 1. The van der Waals surface area contributed by atoms with E-state index in [0.717, 1.165) is 0 Å². The van der Waals surface area contributed by atoms with Gasteiger partial charge in [0.25, 0.3) is 10.1 Å². The summed E-state index contributed by atoms with van der Waals surface area (Å²) in [4.78, 5) is 22.9. The number of fused-ring (bicyclic) bond motifs is 1. The molecule has 2 rings (SSSR count). The van der Waals surface area contributed by atoms with E-state index in [9.17, 15) is 22.6 Å². The normalized spacial score (nSPS) is 12.8. The monoisotopic (exact) mass is 366 g/mol. The van der Waals surface area contributed by atoms with Gasteiger partial charge in [0, 0.05) is 23.4 Å². The Morgan fingerprint density at radius 3 is 2.64 bits per heavy atom. The van der Waals surface area contributed by atoms with E-state index in [1.54, 1.807) is 13.0 Å². The molecule has 0 fully saturated rings. The summed E-state index contributed by atoms with van der Waals surface area (Å²) < 4.78 is 42.9. The van der Waals surface area contributed by atoms with Crippen LogP contribution in [0.1, 0.15) is 29.7 Å². The Hall–Kier alpha value is -2.45. The first-order chi connectivity index (χ1) is 11.6. The van der Waals surface area contributed by atoms with Gasteiger partial charge in [0.05, 0.1) is 6.61 Å². The van der Waals surface area contributed by atoms with Crippen molar-refractivity contribution in [2.24, 2.45) is 0 Å². The van der Waals surface area contributed by atoms with Crippen LogP contribution in [0.25, 0.3) is 11.0 Å². The molecule has 0 saturated heterocycles. The summed E-state index contributed by atoms with van der Waals surface area (Å²) >= 11 is 0. The third kappa shape index (κ3) is 4.55. The minimum atomic E-state index is -4.46. The molecular weight excluding hydrogens is 348 g/mol. The van der Waals surface area contributed by atoms with Crippen molar-refractivity contribution in [3.05, 3.63) is 58.0 Å². The Kier molecular flexibility index (Phi) is 5.44. The molecule has 1 atom stereocenters. The van der Waals surface area contributed by atoms with Crippen LogP contribution in [0.4, 0.5) is 0 Å². The zero-order valence-electron chi connectivity index (χ0n) is 13.8. The summed E-state index contributed by atoms with van der Waals surface area (Å²) in [7, 11) is -4.46. The third-order valence-electron chi connectivity index (χ3n) is 3.67. The van der Waals surface area contributed by atoms with E-state index < -0.39 is 27.0 Å². The molecule has 134 valence electrons. The Bertz CT molecular complexity index is 986. The van der Waals surface area contributed by atoms with Gasteiger partial charge in [-0.1, -0.05) is 18.7 Å².